The predicted octanol–water partition coefficient (Wildman–Crippen LogP) is 4.56. The van der Waals surface area contributed by atoms with Gasteiger partial charge in [0.15, 0.2) is 5.13 Å². The molecular formula is C28H23N2NaO2S2. The first-order valence-electron chi connectivity index (χ1n) is 10.9. The first kappa shape index (κ1) is 25.4. The average molecular weight is 507 g/mol. The van der Waals surface area contributed by atoms with E-state index in [2.05, 4.69) is 46.7 Å². The van der Waals surface area contributed by atoms with Crippen LogP contribution < -0.4 is 34.5 Å². The molecule has 0 amide bonds. The normalized spacial score (nSPS) is 10.5. The minimum atomic E-state index is -0.918. The fourth-order valence-corrected chi connectivity index (χ4v) is 5.64. The molecule has 3 aromatic carbocycles. The molecule has 0 spiro atoms. The minimum Gasteiger partial charge on any atom is -1.00 e. The van der Waals surface area contributed by atoms with Crippen LogP contribution in [0.1, 0.15) is 22.2 Å². The largest absolute Gasteiger partial charge is 1.00 e. The summed E-state index contributed by atoms with van der Waals surface area (Å²) in [7, 11) is 0. The quantitative estimate of drug-likeness (QED) is 0.314. The molecule has 0 saturated heterocycles. The summed E-state index contributed by atoms with van der Waals surface area (Å²) in [6, 6.07) is 31.9. The van der Waals surface area contributed by atoms with Crippen LogP contribution in [0.4, 0.5) is 5.13 Å². The summed E-state index contributed by atoms with van der Waals surface area (Å²) in [6.07, 6.45) is 0. The predicted molar refractivity (Wildman–Crippen MR) is 142 cm³/mol. The molecule has 35 heavy (non-hydrogen) atoms. The standard InChI is InChI=1S/C28H22N2O2S2.Na.H/c31-27(32)23-14-7-9-20(17-23)18-30(19-24-15-8-16-33-24)28-29-25(21-10-3-1-4-11-21)26(34-28)22-12-5-2-6-13-22;;/h1-17H,18-19H2,(H,31,32);;/q;+1;-1. The Balaban J connectivity index is 0.00000180. The molecule has 0 bridgehead atoms. The fraction of sp³-hybridized carbons (Fsp3) is 0.0714. The second-order valence-electron chi connectivity index (χ2n) is 7.85. The van der Waals surface area contributed by atoms with E-state index in [1.165, 1.54) is 4.88 Å². The number of aromatic carboxylic acids is 1. The first-order valence-corrected chi connectivity index (χ1v) is 12.6. The zero-order valence-corrected chi connectivity index (χ0v) is 22.9. The van der Waals surface area contributed by atoms with Crippen LogP contribution in [0, 0.1) is 0 Å². The number of aromatic nitrogens is 1. The summed E-state index contributed by atoms with van der Waals surface area (Å²) < 4.78 is 0. The number of carboxylic acid groups (broad SMARTS) is 1. The number of carboxylic acids is 1. The molecular weight excluding hydrogens is 483 g/mol. The van der Waals surface area contributed by atoms with Gasteiger partial charge in [0.25, 0.3) is 0 Å². The van der Waals surface area contributed by atoms with Crippen LogP contribution in [-0.4, -0.2) is 16.1 Å². The monoisotopic (exact) mass is 506 g/mol. The molecule has 2 aromatic heterocycles. The van der Waals surface area contributed by atoms with Crippen molar-refractivity contribution in [1.82, 2.24) is 4.98 Å². The second-order valence-corrected chi connectivity index (χ2v) is 9.86. The number of rotatable bonds is 8. The van der Waals surface area contributed by atoms with Crippen molar-refractivity contribution < 1.29 is 40.9 Å². The Morgan fingerprint density at radius 3 is 2.23 bits per heavy atom. The number of thiazole rings is 1. The van der Waals surface area contributed by atoms with E-state index in [0.717, 1.165) is 32.4 Å². The van der Waals surface area contributed by atoms with E-state index >= 15 is 0 Å². The van der Waals surface area contributed by atoms with Gasteiger partial charge in [0.05, 0.1) is 22.7 Å². The van der Waals surface area contributed by atoms with Crippen molar-refractivity contribution in [3.8, 4) is 21.7 Å². The van der Waals surface area contributed by atoms with E-state index in [0.29, 0.717) is 18.7 Å². The van der Waals surface area contributed by atoms with Crippen LogP contribution in [-0.2, 0) is 13.1 Å². The molecule has 0 fully saturated rings. The molecule has 170 valence electrons. The van der Waals surface area contributed by atoms with E-state index in [1.54, 1.807) is 40.9 Å². The average Bonchev–Trinajstić information content (AvgIpc) is 3.55. The summed E-state index contributed by atoms with van der Waals surface area (Å²) in [5.41, 5.74) is 4.40. The van der Waals surface area contributed by atoms with Crippen LogP contribution in [0.3, 0.4) is 0 Å². The molecule has 4 nitrogen and oxygen atoms in total. The number of thiophene rings is 1. The molecule has 0 aliphatic heterocycles. The SMILES string of the molecule is O=C(O)c1cccc(CN(Cc2cccs2)c2nc(-c3ccccc3)c(-c3ccccc3)s2)c1.[H-].[Na+]. The number of benzene rings is 3. The zero-order valence-electron chi connectivity index (χ0n) is 20.3. The first-order chi connectivity index (χ1) is 16.7. The smallest absolute Gasteiger partial charge is 1.00 e. The topological polar surface area (TPSA) is 53.4 Å². The van der Waals surface area contributed by atoms with Crippen molar-refractivity contribution in [2.75, 3.05) is 4.90 Å². The van der Waals surface area contributed by atoms with Gasteiger partial charge in [-0.15, -0.1) is 11.3 Å². The van der Waals surface area contributed by atoms with Crippen LogP contribution >= 0.6 is 22.7 Å². The molecule has 2 heterocycles. The number of nitrogens with zero attached hydrogens (tertiary/aromatic N) is 2. The van der Waals surface area contributed by atoms with Gasteiger partial charge < -0.3 is 11.4 Å². The minimum absolute atomic E-state index is 0. The Labute approximate surface area is 236 Å². The molecule has 0 aliphatic rings. The number of anilines is 1. The van der Waals surface area contributed by atoms with Crippen LogP contribution in [0.15, 0.2) is 102 Å². The molecule has 5 rings (SSSR count). The van der Waals surface area contributed by atoms with Crippen molar-refractivity contribution in [2.24, 2.45) is 0 Å². The van der Waals surface area contributed by atoms with Crippen molar-refractivity contribution in [3.63, 3.8) is 0 Å². The molecule has 0 atom stereocenters. The van der Waals surface area contributed by atoms with Gasteiger partial charge in [-0.05, 0) is 34.7 Å². The third-order valence-electron chi connectivity index (χ3n) is 5.44. The van der Waals surface area contributed by atoms with Gasteiger partial charge >= 0.3 is 35.5 Å². The van der Waals surface area contributed by atoms with Crippen LogP contribution in [0.25, 0.3) is 21.7 Å². The molecule has 0 radical (unpaired) electrons. The Hall–Kier alpha value is -2.74. The van der Waals surface area contributed by atoms with Gasteiger partial charge in [-0.2, -0.15) is 0 Å². The third kappa shape index (κ3) is 6.10. The Kier molecular flexibility index (Phi) is 8.55. The van der Waals surface area contributed by atoms with Crippen molar-refractivity contribution in [3.05, 3.63) is 118 Å². The molecule has 5 aromatic rings. The summed E-state index contributed by atoms with van der Waals surface area (Å²) in [5, 5.41) is 12.4. The van der Waals surface area contributed by atoms with Gasteiger partial charge in [-0.3, -0.25) is 0 Å². The van der Waals surface area contributed by atoms with Crippen molar-refractivity contribution >= 4 is 33.8 Å². The van der Waals surface area contributed by atoms with Crippen LogP contribution in [0.2, 0.25) is 0 Å². The molecule has 7 heteroatoms. The molecule has 0 unspecified atom stereocenters. The van der Waals surface area contributed by atoms with E-state index in [4.69, 9.17) is 4.98 Å². The van der Waals surface area contributed by atoms with E-state index in [9.17, 15) is 9.90 Å². The maximum Gasteiger partial charge on any atom is 1.00 e. The van der Waals surface area contributed by atoms with Gasteiger partial charge in [-0.25, -0.2) is 9.78 Å². The van der Waals surface area contributed by atoms with Crippen LogP contribution in [0.5, 0.6) is 0 Å². The van der Waals surface area contributed by atoms with E-state index in [-0.39, 0.29) is 31.0 Å². The summed E-state index contributed by atoms with van der Waals surface area (Å²) in [6.45, 7) is 1.26. The summed E-state index contributed by atoms with van der Waals surface area (Å²) >= 11 is 3.38. The summed E-state index contributed by atoms with van der Waals surface area (Å²) in [5.74, 6) is -0.918. The van der Waals surface area contributed by atoms with Gasteiger partial charge in [0, 0.05) is 17.0 Å². The van der Waals surface area contributed by atoms with Gasteiger partial charge in [-0.1, -0.05) is 90.2 Å². The molecule has 0 aliphatic carbocycles. The van der Waals surface area contributed by atoms with E-state index in [1.807, 2.05) is 42.5 Å². The maximum absolute atomic E-state index is 11.5. The van der Waals surface area contributed by atoms with E-state index < -0.39 is 5.97 Å². The second kappa shape index (κ2) is 11.8. The number of hydrogen-bond donors (Lipinski definition) is 1. The third-order valence-corrected chi connectivity index (χ3v) is 7.47. The number of hydrogen-bond acceptors (Lipinski definition) is 5. The molecule has 1 N–H and O–H groups in total. The van der Waals surface area contributed by atoms with Crippen molar-refractivity contribution in [2.45, 2.75) is 13.1 Å². The number of carbonyl (C=O) groups is 1. The Morgan fingerprint density at radius 1 is 0.857 bits per heavy atom. The Bertz CT molecular complexity index is 1340. The van der Waals surface area contributed by atoms with Gasteiger partial charge in [0.1, 0.15) is 0 Å². The van der Waals surface area contributed by atoms with Gasteiger partial charge in [0.2, 0.25) is 0 Å². The molecule has 0 saturated carbocycles. The van der Waals surface area contributed by atoms with Crippen molar-refractivity contribution in [1.29, 1.82) is 0 Å². The zero-order chi connectivity index (χ0) is 23.3. The maximum atomic E-state index is 11.5. The fourth-order valence-electron chi connectivity index (χ4n) is 3.83. The Morgan fingerprint density at radius 2 is 1.57 bits per heavy atom. The summed E-state index contributed by atoms with van der Waals surface area (Å²) in [4.78, 5) is 21.2.